The van der Waals surface area contributed by atoms with E-state index in [1.165, 1.54) is 0 Å². The van der Waals surface area contributed by atoms with Crippen molar-refractivity contribution in [2.45, 2.75) is 19.3 Å². The Morgan fingerprint density at radius 1 is 0.680 bits per heavy atom. The molecule has 2 N–H and O–H groups in total. The van der Waals surface area contributed by atoms with Gasteiger partial charge < -0.3 is 10.6 Å². The zero-order chi connectivity index (χ0) is 17.9. The molecule has 2 aromatic rings. The van der Waals surface area contributed by atoms with Gasteiger partial charge in [0.15, 0.2) is 5.78 Å². The third-order valence-corrected chi connectivity index (χ3v) is 3.67. The van der Waals surface area contributed by atoms with Crippen LogP contribution in [0.15, 0.2) is 60.7 Å². The number of rotatable bonds is 9. The number of Topliss-reactive ketones (excluding diaryl/α,β-unsaturated/α-hetero) is 1. The van der Waals surface area contributed by atoms with E-state index >= 15 is 0 Å². The molecule has 0 atom stereocenters. The van der Waals surface area contributed by atoms with Crippen LogP contribution in [0.1, 0.15) is 40.0 Å². The minimum atomic E-state index is -0.164. The van der Waals surface area contributed by atoms with Gasteiger partial charge in [0, 0.05) is 37.1 Å². The van der Waals surface area contributed by atoms with E-state index < -0.39 is 0 Å². The second-order valence-electron chi connectivity index (χ2n) is 5.61. The number of nitrogens with one attached hydrogen (secondary N) is 2. The lowest BCUT2D eigenvalue weighted by Crippen LogP contribution is -2.34. The molecule has 0 fully saturated rings. The Hall–Kier alpha value is -2.95. The van der Waals surface area contributed by atoms with E-state index in [1.54, 1.807) is 36.4 Å². The quantitative estimate of drug-likeness (QED) is 0.545. The smallest absolute Gasteiger partial charge is 0.251 e. The topological polar surface area (TPSA) is 75.3 Å². The standard InChI is InChI=1S/C20H22N2O3/c23-18(16-8-3-1-4-9-16)12-7-13-19(24)21-14-15-22-20(25)17-10-5-2-6-11-17/h1-6,8-11H,7,12-15H2,(H,21,24)(H,22,25). The number of carbonyl (C=O) groups excluding carboxylic acids is 3. The summed E-state index contributed by atoms with van der Waals surface area (Å²) in [4.78, 5) is 35.5. The van der Waals surface area contributed by atoms with Crippen molar-refractivity contribution in [1.29, 1.82) is 0 Å². The molecule has 2 rings (SSSR count). The number of hydrogen-bond acceptors (Lipinski definition) is 3. The van der Waals surface area contributed by atoms with Crippen molar-refractivity contribution in [3.63, 3.8) is 0 Å². The van der Waals surface area contributed by atoms with Crippen LogP contribution in [-0.4, -0.2) is 30.7 Å². The molecule has 0 bridgehead atoms. The van der Waals surface area contributed by atoms with Gasteiger partial charge in [-0.2, -0.15) is 0 Å². The number of ketones is 1. The number of benzene rings is 2. The Kier molecular flexibility index (Phi) is 7.38. The van der Waals surface area contributed by atoms with Gasteiger partial charge in [-0.15, -0.1) is 0 Å². The van der Waals surface area contributed by atoms with Gasteiger partial charge in [-0.1, -0.05) is 48.5 Å². The Morgan fingerprint density at radius 2 is 1.24 bits per heavy atom. The molecule has 0 radical (unpaired) electrons. The average molecular weight is 338 g/mol. The molecule has 0 heterocycles. The maximum Gasteiger partial charge on any atom is 0.251 e. The van der Waals surface area contributed by atoms with Crippen LogP contribution in [0, 0.1) is 0 Å². The molecule has 2 amide bonds. The molecule has 0 aliphatic heterocycles. The second kappa shape index (κ2) is 10.0. The van der Waals surface area contributed by atoms with E-state index in [-0.39, 0.29) is 17.6 Å². The zero-order valence-corrected chi connectivity index (χ0v) is 14.0. The summed E-state index contributed by atoms with van der Waals surface area (Å²) in [5.41, 5.74) is 1.26. The van der Waals surface area contributed by atoms with Crippen LogP contribution in [0.3, 0.4) is 0 Å². The van der Waals surface area contributed by atoms with Crippen molar-refractivity contribution in [1.82, 2.24) is 10.6 Å². The summed E-state index contributed by atoms with van der Waals surface area (Å²) < 4.78 is 0. The van der Waals surface area contributed by atoms with E-state index in [4.69, 9.17) is 0 Å². The van der Waals surface area contributed by atoms with Crippen molar-refractivity contribution in [3.05, 3.63) is 71.8 Å². The highest BCUT2D eigenvalue weighted by Crippen LogP contribution is 2.06. The van der Waals surface area contributed by atoms with Crippen LogP contribution in [0.2, 0.25) is 0 Å². The van der Waals surface area contributed by atoms with Gasteiger partial charge >= 0.3 is 0 Å². The fraction of sp³-hybridized carbons (Fsp3) is 0.250. The molecule has 2 aromatic carbocycles. The predicted molar refractivity (Wildman–Crippen MR) is 96.4 cm³/mol. The minimum absolute atomic E-state index is 0.0449. The minimum Gasteiger partial charge on any atom is -0.354 e. The monoisotopic (exact) mass is 338 g/mol. The third kappa shape index (κ3) is 6.59. The first kappa shape index (κ1) is 18.4. The number of hydrogen-bond donors (Lipinski definition) is 2. The largest absolute Gasteiger partial charge is 0.354 e. The molecule has 130 valence electrons. The van der Waals surface area contributed by atoms with Crippen LogP contribution < -0.4 is 10.6 Å². The first-order chi connectivity index (χ1) is 12.2. The van der Waals surface area contributed by atoms with E-state index in [2.05, 4.69) is 10.6 Å². The van der Waals surface area contributed by atoms with Crippen LogP contribution in [0.25, 0.3) is 0 Å². The molecule has 25 heavy (non-hydrogen) atoms. The Labute approximate surface area is 147 Å². The summed E-state index contributed by atoms with van der Waals surface area (Å²) in [6, 6.07) is 18.0. The molecule has 5 nitrogen and oxygen atoms in total. The molecule has 0 saturated carbocycles. The summed E-state index contributed by atoms with van der Waals surface area (Å²) in [5, 5.41) is 5.48. The van der Waals surface area contributed by atoms with Crippen molar-refractivity contribution in [2.24, 2.45) is 0 Å². The molecular weight excluding hydrogens is 316 g/mol. The second-order valence-corrected chi connectivity index (χ2v) is 5.61. The van der Waals surface area contributed by atoms with Gasteiger partial charge in [-0.3, -0.25) is 14.4 Å². The van der Waals surface area contributed by atoms with Crippen LogP contribution in [0.5, 0.6) is 0 Å². The summed E-state index contributed by atoms with van der Waals surface area (Å²) in [6.07, 6.45) is 1.16. The molecule has 0 aliphatic carbocycles. The predicted octanol–water partition coefficient (Wildman–Crippen LogP) is 2.59. The van der Waals surface area contributed by atoms with Crippen molar-refractivity contribution in [3.8, 4) is 0 Å². The summed E-state index contributed by atoms with van der Waals surface area (Å²) in [5.74, 6) is -0.235. The molecule has 0 spiro atoms. The lowest BCUT2D eigenvalue weighted by Gasteiger charge is -2.07. The lowest BCUT2D eigenvalue weighted by molar-refractivity contribution is -0.121. The summed E-state index contributed by atoms with van der Waals surface area (Å²) in [7, 11) is 0. The maximum atomic E-state index is 11.9. The Morgan fingerprint density at radius 3 is 1.88 bits per heavy atom. The van der Waals surface area contributed by atoms with Crippen molar-refractivity contribution < 1.29 is 14.4 Å². The van der Waals surface area contributed by atoms with Crippen LogP contribution >= 0.6 is 0 Å². The fourth-order valence-corrected chi connectivity index (χ4v) is 2.34. The van der Waals surface area contributed by atoms with Crippen molar-refractivity contribution >= 4 is 17.6 Å². The van der Waals surface area contributed by atoms with E-state index in [1.807, 2.05) is 24.3 Å². The Balaban J connectivity index is 1.57. The maximum absolute atomic E-state index is 11.9. The summed E-state index contributed by atoms with van der Waals surface area (Å²) >= 11 is 0. The third-order valence-electron chi connectivity index (χ3n) is 3.67. The highest BCUT2D eigenvalue weighted by atomic mass is 16.2. The van der Waals surface area contributed by atoms with Crippen LogP contribution in [0.4, 0.5) is 0 Å². The zero-order valence-electron chi connectivity index (χ0n) is 14.0. The number of amides is 2. The van der Waals surface area contributed by atoms with Gasteiger partial charge in [-0.05, 0) is 18.6 Å². The van der Waals surface area contributed by atoms with Gasteiger partial charge in [0.25, 0.3) is 5.91 Å². The molecule has 0 unspecified atom stereocenters. The van der Waals surface area contributed by atoms with Gasteiger partial charge in [-0.25, -0.2) is 0 Å². The van der Waals surface area contributed by atoms with E-state index in [0.717, 1.165) is 0 Å². The highest BCUT2D eigenvalue weighted by molar-refractivity contribution is 5.96. The molecule has 0 aromatic heterocycles. The van der Waals surface area contributed by atoms with Crippen molar-refractivity contribution in [2.75, 3.05) is 13.1 Å². The van der Waals surface area contributed by atoms with Gasteiger partial charge in [0.05, 0.1) is 0 Å². The van der Waals surface area contributed by atoms with Gasteiger partial charge in [0.1, 0.15) is 0 Å². The Bertz CT molecular complexity index is 699. The van der Waals surface area contributed by atoms with Crippen LogP contribution in [-0.2, 0) is 4.79 Å². The summed E-state index contributed by atoms with van der Waals surface area (Å²) in [6.45, 7) is 0.729. The first-order valence-corrected chi connectivity index (χ1v) is 8.35. The average Bonchev–Trinajstić information content (AvgIpc) is 2.66. The molecule has 5 heteroatoms. The normalized spacial score (nSPS) is 10.1. The highest BCUT2D eigenvalue weighted by Gasteiger charge is 2.07. The molecular formula is C20H22N2O3. The molecule has 0 aliphatic rings. The van der Waals surface area contributed by atoms with E-state index in [9.17, 15) is 14.4 Å². The number of carbonyl (C=O) groups is 3. The first-order valence-electron chi connectivity index (χ1n) is 8.35. The van der Waals surface area contributed by atoms with Gasteiger partial charge in [0.2, 0.25) is 5.91 Å². The SMILES string of the molecule is O=C(CCCC(=O)c1ccccc1)NCCNC(=O)c1ccccc1. The van der Waals surface area contributed by atoms with E-state index in [0.29, 0.717) is 43.5 Å². The molecule has 0 saturated heterocycles. The lowest BCUT2D eigenvalue weighted by atomic mass is 10.1. The fourth-order valence-electron chi connectivity index (χ4n) is 2.34.